The number of fused-ring (bicyclic) bond motifs is 1. The molecule has 2 aromatic carbocycles. The number of nitrogens with zero attached hydrogens (tertiary/aromatic N) is 2. The van der Waals surface area contributed by atoms with Crippen LogP contribution < -0.4 is 10.2 Å². The van der Waals surface area contributed by atoms with Crippen LogP contribution in [-0.2, 0) is 11.3 Å². The maximum absolute atomic E-state index is 13.0. The Balaban J connectivity index is 1.29. The highest BCUT2D eigenvalue weighted by Gasteiger charge is 2.23. The Hall–Kier alpha value is -2.82. The number of para-hydroxylation sites is 1. The molecule has 2 heterocycles. The highest BCUT2D eigenvalue weighted by atomic mass is 19.1. The lowest BCUT2D eigenvalue weighted by Crippen LogP contribution is -2.33. The predicted octanol–water partition coefficient (Wildman–Crippen LogP) is 3.42. The van der Waals surface area contributed by atoms with E-state index in [1.54, 1.807) is 0 Å². The molecule has 1 aliphatic rings. The van der Waals surface area contributed by atoms with Gasteiger partial charge in [0.2, 0.25) is 5.91 Å². The first-order chi connectivity index (χ1) is 12.7. The van der Waals surface area contributed by atoms with Gasteiger partial charge < -0.3 is 14.8 Å². The number of rotatable bonds is 5. The lowest BCUT2D eigenvalue weighted by atomic mass is 10.1. The number of aromatic nitrogens is 1. The number of hydrogen-bond acceptors (Lipinski definition) is 2. The van der Waals surface area contributed by atoms with Crippen LogP contribution in [0.2, 0.25) is 0 Å². The van der Waals surface area contributed by atoms with Crippen LogP contribution in [-0.4, -0.2) is 30.1 Å². The first-order valence-corrected chi connectivity index (χ1v) is 9.00. The Kier molecular flexibility index (Phi) is 4.61. The molecule has 1 aliphatic heterocycles. The summed E-state index contributed by atoms with van der Waals surface area (Å²) < 4.78 is 15.0. The summed E-state index contributed by atoms with van der Waals surface area (Å²) in [6.07, 6.45) is 2.99. The van der Waals surface area contributed by atoms with Gasteiger partial charge >= 0.3 is 0 Å². The number of carbonyl (C=O) groups excluding carboxylic acids is 1. The standard InChI is InChI=1S/C21H22FN3O/c22-18-5-7-19(8-6-18)24-11-9-16(14-24)13-23-21(26)15-25-12-10-17-3-1-2-4-20(17)25/h1-8,10,12,16H,9,11,13-15H2,(H,23,26)/t16-/m1/s1. The molecule has 0 unspecified atom stereocenters. The van der Waals surface area contributed by atoms with Gasteiger partial charge in [-0.3, -0.25) is 4.79 Å². The second kappa shape index (κ2) is 7.20. The summed E-state index contributed by atoms with van der Waals surface area (Å²) in [4.78, 5) is 14.6. The Labute approximate surface area is 152 Å². The SMILES string of the molecule is O=C(Cn1ccc2ccccc21)NC[C@H]1CCN(c2ccc(F)cc2)C1. The van der Waals surface area contributed by atoms with Crippen molar-refractivity contribution >= 4 is 22.5 Å². The lowest BCUT2D eigenvalue weighted by Gasteiger charge is -2.19. The van der Waals surface area contributed by atoms with Crippen molar-refractivity contribution in [3.05, 3.63) is 66.6 Å². The second-order valence-corrected chi connectivity index (χ2v) is 6.88. The van der Waals surface area contributed by atoms with E-state index in [1.165, 1.54) is 12.1 Å². The molecule has 1 aromatic heterocycles. The van der Waals surface area contributed by atoms with Gasteiger partial charge in [-0.15, -0.1) is 0 Å². The molecule has 0 aliphatic carbocycles. The first-order valence-electron chi connectivity index (χ1n) is 9.00. The zero-order valence-corrected chi connectivity index (χ0v) is 14.6. The van der Waals surface area contributed by atoms with Crippen LogP contribution in [0, 0.1) is 11.7 Å². The fourth-order valence-corrected chi connectivity index (χ4v) is 3.63. The highest BCUT2D eigenvalue weighted by Crippen LogP contribution is 2.23. The molecule has 26 heavy (non-hydrogen) atoms. The van der Waals surface area contributed by atoms with Crippen molar-refractivity contribution in [3.63, 3.8) is 0 Å². The number of nitrogens with one attached hydrogen (secondary N) is 1. The summed E-state index contributed by atoms with van der Waals surface area (Å²) in [6.45, 7) is 2.84. The lowest BCUT2D eigenvalue weighted by molar-refractivity contribution is -0.121. The zero-order valence-electron chi connectivity index (χ0n) is 14.6. The Morgan fingerprint density at radius 2 is 1.92 bits per heavy atom. The molecule has 0 spiro atoms. The van der Waals surface area contributed by atoms with Crippen molar-refractivity contribution in [3.8, 4) is 0 Å². The van der Waals surface area contributed by atoms with E-state index >= 15 is 0 Å². The third-order valence-electron chi connectivity index (χ3n) is 5.06. The molecule has 1 fully saturated rings. The van der Waals surface area contributed by atoms with Gasteiger partial charge in [-0.1, -0.05) is 18.2 Å². The van der Waals surface area contributed by atoms with Gasteiger partial charge in [-0.2, -0.15) is 0 Å². The monoisotopic (exact) mass is 351 g/mol. The molecule has 0 saturated carbocycles. The summed E-state index contributed by atoms with van der Waals surface area (Å²) in [7, 11) is 0. The van der Waals surface area contributed by atoms with Gasteiger partial charge in [0.15, 0.2) is 0 Å². The molecule has 5 heteroatoms. The first kappa shape index (κ1) is 16.6. The average Bonchev–Trinajstić information content (AvgIpc) is 3.28. The van der Waals surface area contributed by atoms with E-state index in [9.17, 15) is 9.18 Å². The molecule has 0 bridgehead atoms. The summed E-state index contributed by atoms with van der Waals surface area (Å²) in [6, 6.07) is 16.7. The van der Waals surface area contributed by atoms with Gasteiger partial charge in [-0.05, 0) is 54.1 Å². The van der Waals surface area contributed by atoms with Crippen molar-refractivity contribution in [2.24, 2.45) is 5.92 Å². The molecule has 4 nitrogen and oxygen atoms in total. The predicted molar refractivity (Wildman–Crippen MR) is 102 cm³/mol. The van der Waals surface area contributed by atoms with Crippen LogP contribution in [0.5, 0.6) is 0 Å². The van der Waals surface area contributed by atoms with Crippen LogP contribution in [0.4, 0.5) is 10.1 Å². The van der Waals surface area contributed by atoms with Crippen LogP contribution in [0.15, 0.2) is 60.8 Å². The van der Waals surface area contributed by atoms with E-state index in [0.29, 0.717) is 19.0 Å². The zero-order chi connectivity index (χ0) is 17.9. The van der Waals surface area contributed by atoms with E-state index < -0.39 is 0 Å². The van der Waals surface area contributed by atoms with Crippen molar-refractivity contribution in [1.29, 1.82) is 0 Å². The van der Waals surface area contributed by atoms with Gasteiger partial charge in [0.05, 0.1) is 0 Å². The quantitative estimate of drug-likeness (QED) is 0.765. The fourth-order valence-electron chi connectivity index (χ4n) is 3.63. The van der Waals surface area contributed by atoms with Crippen molar-refractivity contribution in [2.75, 3.05) is 24.5 Å². The molecule has 1 atom stereocenters. The van der Waals surface area contributed by atoms with Crippen molar-refractivity contribution < 1.29 is 9.18 Å². The molecule has 0 radical (unpaired) electrons. The van der Waals surface area contributed by atoms with Crippen LogP contribution in [0.1, 0.15) is 6.42 Å². The molecule has 1 N–H and O–H groups in total. The van der Waals surface area contributed by atoms with E-state index in [1.807, 2.05) is 53.2 Å². The number of halogens is 1. The van der Waals surface area contributed by atoms with E-state index in [0.717, 1.165) is 36.1 Å². The van der Waals surface area contributed by atoms with Crippen LogP contribution >= 0.6 is 0 Å². The Bertz CT molecular complexity index is 903. The van der Waals surface area contributed by atoms with E-state index in [2.05, 4.69) is 10.2 Å². The van der Waals surface area contributed by atoms with Gasteiger partial charge in [0.25, 0.3) is 0 Å². The molecule has 3 aromatic rings. The minimum absolute atomic E-state index is 0.0339. The normalized spacial score (nSPS) is 17.0. The third-order valence-corrected chi connectivity index (χ3v) is 5.06. The van der Waals surface area contributed by atoms with Crippen molar-refractivity contribution in [1.82, 2.24) is 9.88 Å². The molecule has 134 valence electrons. The maximum Gasteiger partial charge on any atom is 0.239 e. The molecule has 4 rings (SSSR count). The largest absolute Gasteiger partial charge is 0.371 e. The van der Waals surface area contributed by atoms with Gasteiger partial charge in [0.1, 0.15) is 12.4 Å². The van der Waals surface area contributed by atoms with E-state index in [4.69, 9.17) is 0 Å². The molecule has 1 amide bonds. The maximum atomic E-state index is 13.0. The van der Waals surface area contributed by atoms with Crippen molar-refractivity contribution in [2.45, 2.75) is 13.0 Å². The summed E-state index contributed by atoms with van der Waals surface area (Å²) in [5.41, 5.74) is 2.12. The summed E-state index contributed by atoms with van der Waals surface area (Å²) >= 11 is 0. The topological polar surface area (TPSA) is 37.3 Å². The Morgan fingerprint density at radius 1 is 1.12 bits per heavy atom. The fraction of sp³-hybridized carbons (Fsp3) is 0.286. The highest BCUT2D eigenvalue weighted by molar-refractivity contribution is 5.83. The minimum atomic E-state index is -0.214. The third kappa shape index (κ3) is 3.57. The van der Waals surface area contributed by atoms with Gasteiger partial charge in [0, 0.05) is 37.0 Å². The number of amides is 1. The van der Waals surface area contributed by atoms with E-state index in [-0.39, 0.29) is 11.7 Å². The number of benzene rings is 2. The number of anilines is 1. The Morgan fingerprint density at radius 3 is 2.77 bits per heavy atom. The summed E-state index contributed by atoms with van der Waals surface area (Å²) in [5, 5.41) is 4.21. The molecular formula is C21H22FN3O. The summed E-state index contributed by atoms with van der Waals surface area (Å²) in [5.74, 6) is 0.242. The van der Waals surface area contributed by atoms with Gasteiger partial charge in [-0.25, -0.2) is 4.39 Å². The smallest absolute Gasteiger partial charge is 0.239 e. The minimum Gasteiger partial charge on any atom is -0.371 e. The number of carbonyl (C=O) groups is 1. The average molecular weight is 351 g/mol. The molecular weight excluding hydrogens is 329 g/mol. The second-order valence-electron chi connectivity index (χ2n) is 6.88. The van der Waals surface area contributed by atoms with Crippen LogP contribution in [0.3, 0.4) is 0 Å². The number of hydrogen-bond donors (Lipinski definition) is 1. The molecule has 1 saturated heterocycles. The van der Waals surface area contributed by atoms with Crippen LogP contribution in [0.25, 0.3) is 10.9 Å².